The average Bonchev–Trinajstić information content (AvgIpc) is 3.34. The summed E-state index contributed by atoms with van der Waals surface area (Å²) in [7, 11) is 0. The summed E-state index contributed by atoms with van der Waals surface area (Å²) < 4.78 is 27.7. The van der Waals surface area contributed by atoms with Gasteiger partial charge in [-0.3, -0.25) is 9.69 Å². The van der Waals surface area contributed by atoms with Gasteiger partial charge in [-0.1, -0.05) is 35.9 Å². The highest BCUT2D eigenvalue weighted by Gasteiger charge is 2.59. The summed E-state index contributed by atoms with van der Waals surface area (Å²) in [5.74, 6) is -0.489. The van der Waals surface area contributed by atoms with Gasteiger partial charge in [-0.05, 0) is 43.3 Å². The number of fused-ring (bicyclic) bond motifs is 2. The summed E-state index contributed by atoms with van der Waals surface area (Å²) in [6.45, 7) is 2.36. The summed E-state index contributed by atoms with van der Waals surface area (Å²) in [6.07, 6.45) is 0. The molecule has 3 amide bonds. The third kappa shape index (κ3) is 3.54. The van der Waals surface area contributed by atoms with E-state index < -0.39 is 16.7 Å². The molecular formula is C25H21F2N3O2S. The van der Waals surface area contributed by atoms with Crippen molar-refractivity contribution in [3.8, 4) is 0 Å². The lowest BCUT2D eigenvalue weighted by atomic mass is 10.0. The van der Waals surface area contributed by atoms with Crippen molar-refractivity contribution in [3.63, 3.8) is 0 Å². The second-order valence-electron chi connectivity index (χ2n) is 8.08. The average molecular weight is 466 g/mol. The highest BCUT2D eigenvalue weighted by atomic mass is 32.2. The lowest BCUT2D eigenvalue weighted by molar-refractivity contribution is -0.123. The van der Waals surface area contributed by atoms with Gasteiger partial charge in [0.1, 0.15) is 11.6 Å². The van der Waals surface area contributed by atoms with E-state index in [-0.39, 0.29) is 18.3 Å². The van der Waals surface area contributed by atoms with Crippen LogP contribution in [0, 0.1) is 18.6 Å². The number of rotatable bonds is 3. The molecule has 168 valence electrons. The minimum atomic E-state index is -1.24. The molecule has 2 aliphatic heterocycles. The maximum atomic E-state index is 14.4. The van der Waals surface area contributed by atoms with Crippen LogP contribution in [-0.2, 0) is 16.2 Å². The maximum absolute atomic E-state index is 14.4. The zero-order chi connectivity index (χ0) is 23.2. The Morgan fingerprint density at radius 3 is 2.61 bits per heavy atom. The van der Waals surface area contributed by atoms with Crippen molar-refractivity contribution in [2.75, 3.05) is 22.5 Å². The van der Waals surface area contributed by atoms with Gasteiger partial charge < -0.3 is 10.2 Å². The molecule has 1 spiro atoms. The molecule has 1 N–H and O–H groups in total. The summed E-state index contributed by atoms with van der Waals surface area (Å²) in [5, 5.41) is 2.78. The molecule has 2 aliphatic rings. The Hall–Kier alpha value is -3.39. The predicted molar refractivity (Wildman–Crippen MR) is 125 cm³/mol. The van der Waals surface area contributed by atoms with E-state index in [0.29, 0.717) is 29.2 Å². The van der Waals surface area contributed by atoms with Crippen molar-refractivity contribution in [2.24, 2.45) is 0 Å². The molecule has 1 saturated heterocycles. The van der Waals surface area contributed by atoms with Crippen LogP contribution >= 0.6 is 11.8 Å². The lowest BCUT2D eigenvalue weighted by Gasteiger charge is -2.33. The molecular weight excluding hydrogens is 444 g/mol. The van der Waals surface area contributed by atoms with Gasteiger partial charge in [0.2, 0.25) is 0 Å². The first-order valence-corrected chi connectivity index (χ1v) is 11.5. The minimum absolute atomic E-state index is 0.0668. The quantitative estimate of drug-likeness (QED) is 0.575. The standard InChI is InChI=1S/C25H21F2N3O2S/c1-16-6-11-22-20(14-16)25(23(31)29(22)15-17-4-2-3-5-21(17)27)30(12-13-33-25)24(32)28-19-9-7-18(26)8-10-19/h2-11,14H,12-13,15H2,1H3,(H,28,32)/t25-/m0/s1. The van der Waals surface area contributed by atoms with Crippen molar-refractivity contribution in [3.05, 3.63) is 95.1 Å². The van der Waals surface area contributed by atoms with Gasteiger partial charge in [-0.25, -0.2) is 13.6 Å². The number of thioether (sulfide) groups is 1. The number of hydrogen-bond acceptors (Lipinski definition) is 3. The fraction of sp³-hybridized carbons (Fsp3) is 0.200. The first-order valence-electron chi connectivity index (χ1n) is 10.5. The second-order valence-corrected chi connectivity index (χ2v) is 9.37. The topological polar surface area (TPSA) is 52.7 Å². The summed E-state index contributed by atoms with van der Waals surface area (Å²) in [6, 6.07) is 17.1. The minimum Gasteiger partial charge on any atom is -0.308 e. The van der Waals surface area contributed by atoms with Gasteiger partial charge in [0.05, 0.1) is 12.2 Å². The van der Waals surface area contributed by atoms with Crippen LogP contribution in [0.15, 0.2) is 66.7 Å². The van der Waals surface area contributed by atoms with Crippen LogP contribution in [0.5, 0.6) is 0 Å². The molecule has 33 heavy (non-hydrogen) atoms. The third-order valence-electron chi connectivity index (χ3n) is 5.98. The molecule has 0 bridgehead atoms. The first kappa shape index (κ1) is 21.5. The van der Waals surface area contributed by atoms with E-state index in [1.54, 1.807) is 23.1 Å². The SMILES string of the molecule is Cc1ccc2c(c1)[C@]1(SCCN1C(=O)Nc1ccc(F)cc1)C(=O)N2Cc1ccccc1F. The van der Waals surface area contributed by atoms with Crippen LogP contribution in [-0.4, -0.2) is 29.1 Å². The zero-order valence-electron chi connectivity index (χ0n) is 17.8. The predicted octanol–water partition coefficient (Wildman–Crippen LogP) is 5.25. The van der Waals surface area contributed by atoms with Gasteiger partial charge in [0, 0.05) is 29.1 Å². The Kier molecular flexibility index (Phi) is 5.32. The highest BCUT2D eigenvalue weighted by Crippen LogP contribution is 2.54. The van der Waals surface area contributed by atoms with E-state index in [2.05, 4.69) is 5.32 Å². The number of anilines is 2. The number of urea groups is 1. The molecule has 0 aliphatic carbocycles. The number of hydrogen-bond donors (Lipinski definition) is 1. The zero-order valence-corrected chi connectivity index (χ0v) is 18.7. The Balaban J connectivity index is 1.54. The Bertz CT molecular complexity index is 1250. The smallest absolute Gasteiger partial charge is 0.308 e. The van der Waals surface area contributed by atoms with E-state index in [9.17, 15) is 18.4 Å². The molecule has 0 aromatic heterocycles. The first-order chi connectivity index (χ1) is 15.9. The van der Waals surface area contributed by atoms with Crippen molar-refractivity contribution >= 4 is 35.1 Å². The highest BCUT2D eigenvalue weighted by molar-refractivity contribution is 8.01. The van der Waals surface area contributed by atoms with Gasteiger partial charge in [-0.2, -0.15) is 0 Å². The number of carbonyl (C=O) groups is 2. The molecule has 3 aromatic carbocycles. The van der Waals surface area contributed by atoms with Crippen LogP contribution in [0.25, 0.3) is 0 Å². The van der Waals surface area contributed by atoms with E-state index in [1.165, 1.54) is 47.0 Å². The number of halogens is 2. The lowest BCUT2D eigenvalue weighted by Crippen LogP contribution is -2.51. The fourth-order valence-electron chi connectivity index (χ4n) is 4.41. The number of nitrogens with one attached hydrogen (secondary N) is 1. The second kappa shape index (κ2) is 8.19. The van der Waals surface area contributed by atoms with Crippen LogP contribution in [0.2, 0.25) is 0 Å². The number of nitrogens with zero attached hydrogens (tertiary/aromatic N) is 2. The van der Waals surface area contributed by atoms with Crippen molar-refractivity contribution < 1.29 is 18.4 Å². The van der Waals surface area contributed by atoms with E-state index in [1.807, 2.05) is 25.1 Å². The summed E-state index contributed by atoms with van der Waals surface area (Å²) in [5.41, 5.74) is 3.19. The molecule has 3 aromatic rings. The third-order valence-corrected chi connectivity index (χ3v) is 7.40. The molecule has 0 saturated carbocycles. The maximum Gasteiger partial charge on any atom is 0.323 e. The Morgan fingerprint density at radius 2 is 1.85 bits per heavy atom. The number of benzene rings is 3. The Labute approximate surface area is 194 Å². The summed E-state index contributed by atoms with van der Waals surface area (Å²) >= 11 is 1.40. The molecule has 5 nitrogen and oxygen atoms in total. The van der Waals surface area contributed by atoms with E-state index >= 15 is 0 Å². The van der Waals surface area contributed by atoms with Gasteiger partial charge in [-0.15, -0.1) is 11.8 Å². The fourth-order valence-corrected chi connectivity index (χ4v) is 5.86. The van der Waals surface area contributed by atoms with Crippen LogP contribution < -0.4 is 10.2 Å². The number of aryl methyl sites for hydroxylation is 1. The molecule has 0 radical (unpaired) electrons. The van der Waals surface area contributed by atoms with Gasteiger partial charge in [0.15, 0.2) is 4.87 Å². The van der Waals surface area contributed by atoms with Gasteiger partial charge >= 0.3 is 6.03 Å². The van der Waals surface area contributed by atoms with Crippen molar-refractivity contribution in [2.45, 2.75) is 18.3 Å². The van der Waals surface area contributed by atoms with Crippen LogP contribution in [0.1, 0.15) is 16.7 Å². The molecule has 8 heteroatoms. The molecule has 1 atom stereocenters. The molecule has 5 rings (SSSR count). The molecule has 0 unspecified atom stereocenters. The van der Waals surface area contributed by atoms with Crippen molar-refractivity contribution in [1.82, 2.24) is 4.90 Å². The van der Waals surface area contributed by atoms with Crippen LogP contribution in [0.3, 0.4) is 0 Å². The van der Waals surface area contributed by atoms with E-state index in [4.69, 9.17) is 0 Å². The summed E-state index contributed by atoms with van der Waals surface area (Å²) in [4.78, 5) is 29.1. The molecule has 1 fully saturated rings. The molecule has 2 heterocycles. The monoisotopic (exact) mass is 465 g/mol. The largest absolute Gasteiger partial charge is 0.323 e. The van der Waals surface area contributed by atoms with E-state index in [0.717, 1.165) is 11.1 Å². The Morgan fingerprint density at radius 1 is 1.09 bits per heavy atom. The van der Waals surface area contributed by atoms with Crippen LogP contribution in [0.4, 0.5) is 25.0 Å². The van der Waals surface area contributed by atoms with Crippen molar-refractivity contribution in [1.29, 1.82) is 0 Å². The van der Waals surface area contributed by atoms with Gasteiger partial charge in [0.25, 0.3) is 5.91 Å². The normalized spacial score (nSPS) is 19.3. The number of amides is 3. The number of carbonyl (C=O) groups excluding carboxylic acids is 2.